The van der Waals surface area contributed by atoms with E-state index in [-0.39, 0.29) is 12.3 Å². The van der Waals surface area contributed by atoms with Gasteiger partial charge in [-0.2, -0.15) is 5.26 Å². The van der Waals surface area contributed by atoms with Gasteiger partial charge < -0.3 is 5.32 Å². The molecule has 0 aliphatic carbocycles. The van der Waals surface area contributed by atoms with Crippen LogP contribution in [0.25, 0.3) is 0 Å². The fourth-order valence-electron chi connectivity index (χ4n) is 1.81. The van der Waals surface area contributed by atoms with Crippen LogP contribution in [0.2, 0.25) is 5.02 Å². The molecule has 2 rings (SSSR count). The number of hydrogen-bond acceptors (Lipinski definition) is 2. The van der Waals surface area contributed by atoms with E-state index in [1.54, 1.807) is 36.4 Å². The molecule has 0 bridgehead atoms. The van der Waals surface area contributed by atoms with Gasteiger partial charge in [-0.15, -0.1) is 0 Å². The molecule has 4 heteroatoms. The molecular weight excluding hydrogens is 272 g/mol. The Kier molecular flexibility index (Phi) is 4.39. The summed E-state index contributed by atoms with van der Waals surface area (Å²) in [7, 11) is 0. The maximum atomic E-state index is 12.0. The third-order valence-corrected chi connectivity index (χ3v) is 3.16. The Balaban J connectivity index is 2.05. The number of aryl methyl sites for hydroxylation is 1. The maximum absolute atomic E-state index is 12.0. The van der Waals surface area contributed by atoms with E-state index in [9.17, 15) is 4.79 Å². The van der Waals surface area contributed by atoms with Crippen LogP contribution in [0.5, 0.6) is 0 Å². The summed E-state index contributed by atoms with van der Waals surface area (Å²) in [5.74, 6) is -0.111. The van der Waals surface area contributed by atoms with Gasteiger partial charge >= 0.3 is 0 Å². The molecule has 0 saturated carbocycles. The smallest absolute Gasteiger partial charge is 0.228 e. The maximum Gasteiger partial charge on any atom is 0.228 e. The van der Waals surface area contributed by atoms with Crippen molar-refractivity contribution in [3.63, 3.8) is 0 Å². The quantitative estimate of drug-likeness (QED) is 0.934. The van der Waals surface area contributed by atoms with Crippen molar-refractivity contribution in [3.8, 4) is 6.07 Å². The lowest BCUT2D eigenvalue weighted by molar-refractivity contribution is -0.115. The summed E-state index contributed by atoms with van der Waals surface area (Å²) in [6.45, 7) is 1.91. The Bertz CT molecular complexity index is 672. The van der Waals surface area contributed by atoms with Crippen molar-refractivity contribution < 1.29 is 4.79 Å². The van der Waals surface area contributed by atoms with Gasteiger partial charge in [0.15, 0.2) is 0 Å². The van der Waals surface area contributed by atoms with Gasteiger partial charge in [-0.25, -0.2) is 0 Å². The van der Waals surface area contributed by atoms with Crippen LogP contribution in [0.3, 0.4) is 0 Å². The van der Waals surface area contributed by atoms with Crippen LogP contribution in [-0.4, -0.2) is 5.91 Å². The lowest BCUT2D eigenvalue weighted by Crippen LogP contribution is -2.15. The molecule has 0 atom stereocenters. The van der Waals surface area contributed by atoms with Crippen molar-refractivity contribution in [1.82, 2.24) is 0 Å². The molecule has 100 valence electrons. The normalized spacial score (nSPS) is 9.85. The zero-order valence-corrected chi connectivity index (χ0v) is 11.7. The van der Waals surface area contributed by atoms with E-state index in [1.807, 2.05) is 19.1 Å². The van der Waals surface area contributed by atoms with E-state index >= 15 is 0 Å². The molecule has 0 unspecified atom stereocenters. The minimum atomic E-state index is -0.111. The molecule has 0 saturated heterocycles. The minimum absolute atomic E-state index is 0.111. The van der Waals surface area contributed by atoms with Crippen molar-refractivity contribution in [3.05, 3.63) is 64.2 Å². The van der Waals surface area contributed by atoms with Crippen molar-refractivity contribution >= 4 is 23.2 Å². The topological polar surface area (TPSA) is 52.9 Å². The molecule has 0 radical (unpaired) electrons. The molecule has 2 aromatic rings. The first-order valence-corrected chi connectivity index (χ1v) is 6.51. The number of carbonyl (C=O) groups excluding carboxylic acids is 1. The summed E-state index contributed by atoms with van der Waals surface area (Å²) in [4.78, 5) is 12.0. The van der Waals surface area contributed by atoms with Crippen LogP contribution in [0, 0.1) is 18.3 Å². The number of carbonyl (C=O) groups is 1. The first kappa shape index (κ1) is 14.1. The van der Waals surface area contributed by atoms with Crippen LogP contribution in [0.1, 0.15) is 16.7 Å². The number of rotatable bonds is 3. The Morgan fingerprint density at radius 2 is 1.95 bits per heavy atom. The third-order valence-electron chi connectivity index (χ3n) is 2.92. The average molecular weight is 285 g/mol. The molecule has 20 heavy (non-hydrogen) atoms. The van der Waals surface area contributed by atoms with Crippen molar-refractivity contribution in [2.24, 2.45) is 0 Å². The largest absolute Gasteiger partial charge is 0.326 e. The van der Waals surface area contributed by atoms with Crippen molar-refractivity contribution in [1.29, 1.82) is 5.26 Å². The third kappa shape index (κ3) is 3.59. The molecule has 0 heterocycles. The lowest BCUT2D eigenvalue weighted by atomic mass is 10.1. The summed E-state index contributed by atoms with van der Waals surface area (Å²) in [5.41, 5.74) is 3.12. The molecule has 1 amide bonds. The second-order valence-electron chi connectivity index (χ2n) is 4.49. The van der Waals surface area contributed by atoms with E-state index in [1.165, 1.54) is 0 Å². The van der Waals surface area contributed by atoms with Gasteiger partial charge in [0.2, 0.25) is 5.91 Å². The standard InChI is InChI=1S/C16H13ClN2O/c1-11-2-7-14(17)9-15(11)19-16(20)8-12-3-5-13(10-18)6-4-12/h2-7,9H,8H2,1H3,(H,19,20). The summed E-state index contributed by atoms with van der Waals surface area (Å²) in [6.07, 6.45) is 0.262. The summed E-state index contributed by atoms with van der Waals surface area (Å²) >= 11 is 5.91. The van der Waals surface area contributed by atoms with Crippen LogP contribution < -0.4 is 5.32 Å². The first-order chi connectivity index (χ1) is 9.58. The van der Waals surface area contributed by atoms with E-state index in [4.69, 9.17) is 16.9 Å². The van der Waals surface area contributed by atoms with Crippen LogP contribution >= 0.6 is 11.6 Å². The van der Waals surface area contributed by atoms with E-state index in [2.05, 4.69) is 5.32 Å². The zero-order chi connectivity index (χ0) is 14.5. The van der Waals surface area contributed by atoms with E-state index in [0.717, 1.165) is 16.8 Å². The van der Waals surface area contributed by atoms with Crippen LogP contribution in [0.15, 0.2) is 42.5 Å². The summed E-state index contributed by atoms with van der Waals surface area (Å²) in [6, 6.07) is 14.4. The van der Waals surface area contributed by atoms with Gasteiger partial charge in [-0.1, -0.05) is 29.8 Å². The predicted octanol–water partition coefficient (Wildman–Crippen LogP) is 3.70. The molecular formula is C16H13ClN2O. The number of nitrogens with one attached hydrogen (secondary N) is 1. The Morgan fingerprint density at radius 1 is 1.25 bits per heavy atom. The highest BCUT2D eigenvalue weighted by Gasteiger charge is 2.06. The fraction of sp³-hybridized carbons (Fsp3) is 0.125. The minimum Gasteiger partial charge on any atom is -0.326 e. The molecule has 0 aromatic heterocycles. The first-order valence-electron chi connectivity index (χ1n) is 6.13. The fourth-order valence-corrected chi connectivity index (χ4v) is 1.98. The van der Waals surface area contributed by atoms with Crippen LogP contribution in [-0.2, 0) is 11.2 Å². The zero-order valence-electron chi connectivity index (χ0n) is 11.0. The number of benzene rings is 2. The van der Waals surface area contributed by atoms with E-state index in [0.29, 0.717) is 10.6 Å². The van der Waals surface area contributed by atoms with Crippen molar-refractivity contribution in [2.75, 3.05) is 5.32 Å². The Morgan fingerprint density at radius 3 is 2.60 bits per heavy atom. The SMILES string of the molecule is Cc1ccc(Cl)cc1NC(=O)Cc1ccc(C#N)cc1. The van der Waals surface area contributed by atoms with Crippen molar-refractivity contribution in [2.45, 2.75) is 13.3 Å². The number of halogens is 1. The summed E-state index contributed by atoms with van der Waals surface area (Å²) in [5, 5.41) is 12.1. The molecule has 1 N–H and O–H groups in total. The summed E-state index contributed by atoms with van der Waals surface area (Å²) < 4.78 is 0. The van der Waals surface area contributed by atoms with E-state index < -0.39 is 0 Å². The number of amides is 1. The van der Waals surface area contributed by atoms with Gasteiger partial charge in [-0.05, 0) is 42.3 Å². The highest BCUT2D eigenvalue weighted by atomic mass is 35.5. The number of nitriles is 1. The Labute approximate surface area is 122 Å². The molecule has 3 nitrogen and oxygen atoms in total. The van der Waals surface area contributed by atoms with Gasteiger partial charge in [0.05, 0.1) is 18.1 Å². The number of nitrogens with zero attached hydrogens (tertiary/aromatic N) is 1. The monoisotopic (exact) mass is 284 g/mol. The second kappa shape index (κ2) is 6.23. The highest BCUT2D eigenvalue weighted by molar-refractivity contribution is 6.31. The lowest BCUT2D eigenvalue weighted by Gasteiger charge is -2.09. The van der Waals surface area contributed by atoms with Gasteiger partial charge in [0.1, 0.15) is 0 Å². The molecule has 0 fully saturated rings. The molecule has 0 spiro atoms. The van der Waals surface area contributed by atoms with Crippen LogP contribution in [0.4, 0.5) is 5.69 Å². The predicted molar refractivity (Wildman–Crippen MR) is 79.7 cm³/mol. The average Bonchev–Trinajstić information content (AvgIpc) is 2.43. The Hall–Kier alpha value is -2.31. The molecule has 2 aromatic carbocycles. The second-order valence-corrected chi connectivity index (χ2v) is 4.93. The molecule has 0 aliphatic rings. The number of hydrogen-bond donors (Lipinski definition) is 1. The highest BCUT2D eigenvalue weighted by Crippen LogP contribution is 2.20. The number of anilines is 1. The molecule has 0 aliphatic heterocycles. The van der Waals surface area contributed by atoms with Gasteiger partial charge in [0, 0.05) is 10.7 Å². The van der Waals surface area contributed by atoms with Gasteiger partial charge in [0.25, 0.3) is 0 Å². The van der Waals surface area contributed by atoms with Gasteiger partial charge in [-0.3, -0.25) is 4.79 Å².